The first-order valence-electron chi connectivity index (χ1n) is 13.2. The zero-order chi connectivity index (χ0) is 24.6. The summed E-state index contributed by atoms with van der Waals surface area (Å²) in [5.41, 5.74) is 14.8. The number of aromatic carboxylic acids is 1. The first kappa shape index (κ1) is 23.4. The van der Waals surface area contributed by atoms with Gasteiger partial charge in [-0.15, -0.1) is 0 Å². The fraction of sp³-hybridized carbons (Fsp3) is 0.448. The van der Waals surface area contributed by atoms with Gasteiger partial charge in [0.1, 0.15) is 0 Å². The number of morpholine rings is 1. The number of carboxylic acid groups (broad SMARTS) is 1. The van der Waals surface area contributed by atoms with E-state index < -0.39 is 5.97 Å². The Balaban J connectivity index is 1.22. The Bertz CT molecular complexity index is 1260. The maximum atomic E-state index is 12.2. The number of hydrogen-bond donors (Lipinski definition) is 3. The summed E-state index contributed by atoms with van der Waals surface area (Å²) in [5, 5.41) is 10.0. The molecule has 3 heterocycles. The Morgan fingerprint density at radius 1 is 1.19 bits per heavy atom. The average Bonchev–Trinajstić information content (AvgIpc) is 3.68. The van der Waals surface area contributed by atoms with Crippen LogP contribution in [0.15, 0.2) is 36.5 Å². The van der Waals surface area contributed by atoms with Gasteiger partial charge in [0.25, 0.3) is 0 Å². The Morgan fingerprint density at radius 3 is 2.69 bits per heavy atom. The number of aromatic nitrogens is 2. The SMILES string of the molecule is NC(c1[nH]c2c(c1C(=O)O)CCc1cnc(-c3ccc(CCCN4CCOCC4)cc3)cc1-2)C1CC1. The van der Waals surface area contributed by atoms with Crippen LogP contribution in [-0.2, 0) is 24.0 Å². The van der Waals surface area contributed by atoms with E-state index in [9.17, 15) is 9.90 Å². The maximum absolute atomic E-state index is 12.2. The van der Waals surface area contributed by atoms with Crippen molar-refractivity contribution >= 4 is 5.97 Å². The number of carboxylic acids is 1. The van der Waals surface area contributed by atoms with Gasteiger partial charge in [-0.1, -0.05) is 24.3 Å². The van der Waals surface area contributed by atoms with Gasteiger partial charge in [-0.2, -0.15) is 0 Å². The molecule has 1 aromatic carbocycles. The lowest BCUT2D eigenvalue weighted by Gasteiger charge is -2.26. The number of nitrogens with one attached hydrogen (secondary N) is 1. The zero-order valence-corrected chi connectivity index (χ0v) is 20.6. The molecule has 2 aliphatic carbocycles. The normalized spacial score (nSPS) is 18.5. The number of H-pyrrole nitrogens is 1. The highest BCUT2D eigenvalue weighted by Gasteiger charge is 2.36. The standard InChI is InChI=1S/C29H34N4O3/c30-26(20-7-8-20)28-25(29(34)35)22-10-9-21-17-31-24(16-23(21)27(22)32-28)19-5-3-18(4-6-19)2-1-11-33-12-14-36-15-13-33/h3-6,16-17,20,26,32H,1-2,7-15,30H2,(H,34,35). The van der Waals surface area contributed by atoms with Crippen molar-refractivity contribution in [1.82, 2.24) is 14.9 Å². The minimum absolute atomic E-state index is 0.248. The molecule has 3 aromatic rings. The number of nitrogens with zero attached hydrogens (tertiary/aromatic N) is 2. The Hall–Kier alpha value is -3.00. The highest BCUT2D eigenvalue weighted by atomic mass is 16.5. The van der Waals surface area contributed by atoms with E-state index >= 15 is 0 Å². The molecule has 0 bridgehead atoms. The molecular weight excluding hydrogens is 452 g/mol. The topological polar surface area (TPSA) is 104 Å². The fourth-order valence-electron chi connectivity index (χ4n) is 5.73. The van der Waals surface area contributed by atoms with Crippen molar-refractivity contribution in [3.05, 3.63) is 64.5 Å². The van der Waals surface area contributed by atoms with Crippen molar-refractivity contribution in [3.63, 3.8) is 0 Å². The smallest absolute Gasteiger partial charge is 0.337 e. The lowest BCUT2D eigenvalue weighted by molar-refractivity contribution is 0.0374. The number of carbonyl (C=O) groups is 1. The summed E-state index contributed by atoms with van der Waals surface area (Å²) in [7, 11) is 0. The minimum atomic E-state index is -0.888. The molecular formula is C29H34N4O3. The van der Waals surface area contributed by atoms with E-state index in [1.807, 2.05) is 6.20 Å². The molecule has 1 saturated heterocycles. The second-order valence-corrected chi connectivity index (χ2v) is 10.4. The van der Waals surface area contributed by atoms with Crippen LogP contribution in [-0.4, -0.2) is 58.8 Å². The van der Waals surface area contributed by atoms with Gasteiger partial charge < -0.3 is 20.6 Å². The van der Waals surface area contributed by atoms with Gasteiger partial charge in [-0.25, -0.2) is 4.79 Å². The highest BCUT2D eigenvalue weighted by molar-refractivity contribution is 5.95. The third-order valence-corrected chi connectivity index (χ3v) is 8.00. The van der Waals surface area contributed by atoms with E-state index in [1.54, 1.807) is 0 Å². The summed E-state index contributed by atoms with van der Waals surface area (Å²) in [6.07, 6.45) is 7.76. The van der Waals surface area contributed by atoms with Crippen LogP contribution in [0.3, 0.4) is 0 Å². The van der Waals surface area contributed by atoms with Crippen LogP contribution >= 0.6 is 0 Å². The van der Waals surface area contributed by atoms with E-state index in [-0.39, 0.29) is 6.04 Å². The van der Waals surface area contributed by atoms with E-state index in [0.29, 0.717) is 23.6 Å². The number of pyridine rings is 1. The number of hydrogen-bond acceptors (Lipinski definition) is 5. The summed E-state index contributed by atoms with van der Waals surface area (Å²) < 4.78 is 5.43. The molecule has 1 aliphatic heterocycles. The second kappa shape index (κ2) is 9.81. The van der Waals surface area contributed by atoms with Crippen LogP contribution in [0, 0.1) is 5.92 Å². The molecule has 0 amide bonds. The van der Waals surface area contributed by atoms with E-state index in [4.69, 9.17) is 15.5 Å². The van der Waals surface area contributed by atoms with Gasteiger partial charge in [0.2, 0.25) is 0 Å². The number of benzene rings is 1. The van der Waals surface area contributed by atoms with E-state index in [1.165, 1.54) is 5.56 Å². The van der Waals surface area contributed by atoms with Gasteiger partial charge in [-0.05, 0) is 73.7 Å². The van der Waals surface area contributed by atoms with E-state index in [2.05, 4.69) is 40.2 Å². The number of aryl methyl sites for hydroxylation is 2. The number of aromatic amines is 1. The predicted octanol–water partition coefficient (Wildman–Crippen LogP) is 4.22. The van der Waals surface area contributed by atoms with Crippen molar-refractivity contribution in [1.29, 1.82) is 0 Å². The van der Waals surface area contributed by atoms with Crippen molar-refractivity contribution < 1.29 is 14.6 Å². The summed E-state index contributed by atoms with van der Waals surface area (Å²) in [5.74, 6) is -0.511. The van der Waals surface area contributed by atoms with Crippen LogP contribution < -0.4 is 5.73 Å². The van der Waals surface area contributed by atoms with Gasteiger partial charge in [-0.3, -0.25) is 9.88 Å². The minimum Gasteiger partial charge on any atom is -0.478 e. The average molecular weight is 487 g/mol. The first-order valence-corrected chi connectivity index (χ1v) is 13.2. The Morgan fingerprint density at radius 2 is 1.97 bits per heavy atom. The molecule has 4 N–H and O–H groups in total. The molecule has 6 rings (SSSR count). The van der Waals surface area contributed by atoms with Crippen molar-refractivity contribution in [2.24, 2.45) is 11.7 Å². The molecule has 188 valence electrons. The van der Waals surface area contributed by atoms with Crippen molar-refractivity contribution in [2.45, 2.75) is 44.6 Å². The van der Waals surface area contributed by atoms with Crippen LogP contribution in [0.25, 0.3) is 22.5 Å². The largest absolute Gasteiger partial charge is 0.478 e. The van der Waals surface area contributed by atoms with Gasteiger partial charge in [0.15, 0.2) is 0 Å². The summed E-state index contributed by atoms with van der Waals surface area (Å²) in [4.78, 5) is 22.9. The van der Waals surface area contributed by atoms with Crippen LogP contribution in [0.1, 0.15) is 58.0 Å². The molecule has 36 heavy (non-hydrogen) atoms. The van der Waals surface area contributed by atoms with Gasteiger partial charge >= 0.3 is 5.97 Å². The van der Waals surface area contributed by atoms with Crippen LogP contribution in [0.2, 0.25) is 0 Å². The van der Waals surface area contributed by atoms with Gasteiger partial charge in [0.05, 0.1) is 30.2 Å². The third-order valence-electron chi connectivity index (χ3n) is 8.00. The molecule has 0 spiro atoms. The molecule has 0 radical (unpaired) electrons. The van der Waals surface area contributed by atoms with Crippen molar-refractivity contribution in [3.8, 4) is 22.5 Å². The molecule has 7 heteroatoms. The third kappa shape index (κ3) is 4.59. The second-order valence-electron chi connectivity index (χ2n) is 10.4. The monoisotopic (exact) mass is 486 g/mol. The molecule has 7 nitrogen and oxygen atoms in total. The molecule has 1 atom stereocenters. The predicted molar refractivity (Wildman–Crippen MR) is 139 cm³/mol. The molecule has 1 saturated carbocycles. The Labute approximate surface area is 211 Å². The summed E-state index contributed by atoms with van der Waals surface area (Å²) in [6, 6.07) is 10.6. The summed E-state index contributed by atoms with van der Waals surface area (Å²) >= 11 is 0. The van der Waals surface area contributed by atoms with Crippen molar-refractivity contribution in [2.75, 3.05) is 32.8 Å². The van der Waals surface area contributed by atoms with Gasteiger partial charge in [0, 0.05) is 42.1 Å². The van der Waals surface area contributed by atoms with Crippen LogP contribution in [0.5, 0.6) is 0 Å². The number of nitrogens with two attached hydrogens (primary N) is 1. The molecule has 1 unspecified atom stereocenters. The molecule has 2 aromatic heterocycles. The maximum Gasteiger partial charge on any atom is 0.337 e. The quantitative estimate of drug-likeness (QED) is 0.441. The number of fused-ring (bicyclic) bond motifs is 3. The number of rotatable bonds is 8. The molecule has 2 fully saturated rings. The lowest BCUT2D eigenvalue weighted by Crippen LogP contribution is -2.36. The summed E-state index contributed by atoms with van der Waals surface area (Å²) in [6.45, 7) is 4.87. The molecule has 3 aliphatic rings. The lowest BCUT2D eigenvalue weighted by atomic mass is 9.88. The van der Waals surface area contributed by atoms with E-state index in [0.717, 1.165) is 98.6 Å². The number of ether oxygens (including phenoxy) is 1. The highest BCUT2D eigenvalue weighted by Crippen LogP contribution is 2.44. The Kier molecular flexibility index (Phi) is 6.37. The fourth-order valence-corrected chi connectivity index (χ4v) is 5.73. The van der Waals surface area contributed by atoms with Crippen LogP contribution in [0.4, 0.5) is 0 Å². The zero-order valence-electron chi connectivity index (χ0n) is 20.6. The first-order chi connectivity index (χ1) is 17.6.